The Bertz CT molecular complexity index is 699. The topological polar surface area (TPSA) is 165 Å². The number of aliphatic hydroxyl groups excluding tert-OH is 2. The molecule has 0 bridgehead atoms. The number of hydrogen-bond acceptors (Lipinski definition) is 8. The summed E-state index contributed by atoms with van der Waals surface area (Å²) in [5.41, 5.74) is -2.15. The van der Waals surface area contributed by atoms with Gasteiger partial charge in [0.1, 0.15) is 6.10 Å². The van der Waals surface area contributed by atoms with Gasteiger partial charge in [-0.25, -0.2) is 9.59 Å². The number of rotatable bonds is 4. The predicted octanol–water partition coefficient (Wildman–Crippen LogP) is -0.646. The van der Waals surface area contributed by atoms with E-state index in [1.54, 1.807) is 0 Å². The molecule has 0 heterocycles. The number of carbonyl (C=O) groups excluding carboxylic acids is 1. The van der Waals surface area contributed by atoms with Crippen LogP contribution in [0.15, 0.2) is 24.3 Å². The Morgan fingerprint density at radius 1 is 1.16 bits per heavy atom. The summed E-state index contributed by atoms with van der Waals surface area (Å²) in [6.45, 7) is 0. The molecule has 25 heavy (non-hydrogen) atoms. The molecule has 0 aromatic heterocycles. The lowest BCUT2D eigenvalue weighted by Crippen LogP contribution is -2.59. The van der Waals surface area contributed by atoms with E-state index < -0.39 is 48.7 Å². The standard InChI is InChI=1S/C16H18O9/c17-9-3-1-8(5-10(9)18)2-4-14(21)25-13-6-11(19)12(20)7-16(13,24)15(22)23/h1-5,11-13,17-20,24H,6-7H2,(H,22,23). The molecule has 6 N–H and O–H groups in total. The summed E-state index contributed by atoms with van der Waals surface area (Å²) in [6.07, 6.45) is -3.28. The van der Waals surface area contributed by atoms with Crippen LogP contribution in [-0.4, -0.2) is 66.5 Å². The van der Waals surface area contributed by atoms with Crippen LogP contribution in [-0.2, 0) is 14.3 Å². The summed E-state index contributed by atoms with van der Waals surface area (Å²) in [7, 11) is 0. The van der Waals surface area contributed by atoms with Gasteiger partial charge in [0.2, 0.25) is 5.60 Å². The van der Waals surface area contributed by atoms with Crippen molar-refractivity contribution in [1.29, 1.82) is 0 Å². The van der Waals surface area contributed by atoms with Crippen molar-refractivity contribution >= 4 is 18.0 Å². The van der Waals surface area contributed by atoms with Crippen LogP contribution in [0.4, 0.5) is 0 Å². The van der Waals surface area contributed by atoms with Crippen molar-refractivity contribution in [3.63, 3.8) is 0 Å². The Hall–Kier alpha value is -2.62. The molecule has 1 aliphatic carbocycles. The average Bonchev–Trinajstić information content (AvgIpc) is 2.53. The number of esters is 1. The molecule has 1 aliphatic rings. The van der Waals surface area contributed by atoms with Crippen molar-refractivity contribution in [2.75, 3.05) is 0 Å². The number of carboxylic acid groups (broad SMARTS) is 1. The normalized spacial score (nSPS) is 29.5. The third-order valence-electron chi connectivity index (χ3n) is 3.99. The summed E-state index contributed by atoms with van der Waals surface area (Å²) in [6, 6.07) is 3.81. The molecular weight excluding hydrogens is 336 g/mol. The first-order valence-corrected chi connectivity index (χ1v) is 7.36. The first-order chi connectivity index (χ1) is 11.6. The second-order valence-corrected chi connectivity index (χ2v) is 5.81. The Morgan fingerprint density at radius 3 is 2.44 bits per heavy atom. The molecule has 1 aromatic carbocycles. The monoisotopic (exact) mass is 354 g/mol. The summed E-state index contributed by atoms with van der Waals surface area (Å²) < 4.78 is 4.92. The minimum Gasteiger partial charge on any atom is -0.504 e. The van der Waals surface area contributed by atoms with Crippen molar-refractivity contribution in [3.05, 3.63) is 29.8 Å². The van der Waals surface area contributed by atoms with Crippen molar-refractivity contribution in [3.8, 4) is 11.5 Å². The summed E-state index contributed by atoms with van der Waals surface area (Å²) in [5, 5.41) is 57.0. The van der Waals surface area contributed by atoms with Crippen molar-refractivity contribution in [2.24, 2.45) is 0 Å². The third kappa shape index (κ3) is 4.08. The molecule has 136 valence electrons. The average molecular weight is 354 g/mol. The fraction of sp³-hybridized carbons (Fsp3) is 0.375. The molecule has 9 nitrogen and oxygen atoms in total. The van der Waals surface area contributed by atoms with Crippen LogP contribution in [0.5, 0.6) is 11.5 Å². The predicted molar refractivity (Wildman–Crippen MR) is 82.5 cm³/mol. The number of carbonyl (C=O) groups is 2. The van der Waals surface area contributed by atoms with E-state index in [1.807, 2.05) is 0 Å². The van der Waals surface area contributed by atoms with Gasteiger partial charge in [-0.2, -0.15) is 0 Å². The van der Waals surface area contributed by atoms with Crippen LogP contribution >= 0.6 is 0 Å². The molecule has 0 aliphatic heterocycles. The fourth-order valence-corrected chi connectivity index (χ4v) is 2.52. The Labute approximate surface area is 142 Å². The molecule has 0 spiro atoms. The summed E-state index contributed by atoms with van der Waals surface area (Å²) >= 11 is 0. The lowest BCUT2D eigenvalue weighted by Gasteiger charge is -2.39. The number of aliphatic carboxylic acids is 1. The number of aromatic hydroxyl groups is 2. The van der Waals surface area contributed by atoms with Gasteiger partial charge in [-0.15, -0.1) is 0 Å². The van der Waals surface area contributed by atoms with E-state index in [-0.39, 0.29) is 11.5 Å². The molecule has 0 amide bonds. The number of phenols is 2. The second kappa shape index (κ2) is 7.09. The van der Waals surface area contributed by atoms with Crippen LogP contribution in [0, 0.1) is 0 Å². The smallest absolute Gasteiger partial charge is 0.339 e. The van der Waals surface area contributed by atoms with E-state index in [1.165, 1.54) is 24.3 Å². The third-order valence-corrected chi connectivity index (χ3v) is 3.99. The van der Waals surface area contributed by atoms with E-state index in [9.17, 15) is 35.1 Å². The molecule has 1 aromatic rings. The van der Waals surface area contributed by atoms with Crippen LogP contribution in [0.25, 0.3) is 6.08 Å². The van der Waals surface area contributed by atoms with E-state index in [2.05, 4.69) is 0 Å². The van der Waals surface area contributed by atoms with Gasteiger partial charge in [0.15, 0.2) is 11.5 Å². The van der Waals surface area contributed by atoms with Gasteiger partial charge in [-0.05, 0) is 23.8 Å². The number of benzene rings is 1. The number of hydrogen-bond donors (Lipinski definition) is 6. The zero-order valence-electron chi connectivity index (χ0n) is 12.9. The zero-order valence-corrected chi connectivity index (χ0v) is 12.9. The fourth-order valence-electron chi connectivity index (χ4n) is 2.52. The van der Waals surface area contributed by atoms with Gasteiger partial charge in [0.25, 0.3) is 0 Å². The minimum atomic E-state index is -2.51. The zero-order chi connectivity index (χ0) is 18.8. The van der Waals surface area contributed by atoms with Crippen molar-refractivity contribution < 1.29 is 45.0 Å². The largest absolute Gasteiger partial charge is 0.504 e. The van der Waals surface area contributed by atoms with Crippen LogP contribution < -0.4 is 0 Å². The quantitative estimate of drug-likeness (QED) is 0.234. The number of phenolic OH excluding ortho intramolecular Hbond substituents is 2. The Kier molecular flexibility index (Phi) is 5.31. The molecule has 4 atom stereocenters. The van der Waals surface area contributed by atoms with Gasteiger partial charge >= 0.3 is 11.9 Å². The highest BCUT2D eigenvalue weighted by Gasteiger charge is 2.53. The second-order valence-electron chi connectivity index (χ2n) is 5.81. The Morgan fingerprint density at radius 2 is 1.84 bits per heavy atom. The van der Waals surface area contributed by atoms with Gasteiger partial charge in [0.05, 0.1) is 12.2 Å². The molecule has 2 rings (SSSR count). The lowest BCUT2D eigenvalue weighted by atomic mass is 9.79. The number of aliphatic hydroxyl groups is 3. The first kappa shape index (κ1) is 18.7. The molecule has 1 saturated carbocycles. The highest BCUT2D eigenvalue weighted by Crippen LogP contribution is 2.32. The highest BCUT2D eigenvalue weighted by atomic mass is 16.6. The summed E-state index contributed by atoms with van der Waals surface area (Å²) in [5.74, 6) is -3.38. The highest BCUT2D eigenvalue weighted by molar-refractivity contribution is 5.88. The SMILES string of the molecule is O=C(C=Cc1ccc(O)c(O)c1)OC1CC(O)C(O)CC1(O)C(=O)O. The van der Waals surface area contributed by atoms with Gasteiger partial charge < -0.3 is 35.4 Å². The van der Waals surface area contributed by atoms with Crippen LogP contribution in [0.2, 0.25) is 0 Å². The minimum absolute atomic E-state index is 0.332. The van der Waals surface area contributed by atoms with E-state index in [4.69, 9.17) is 9.84 Å². The van der Waals surface area contributed by atoms with Crippen molar-refractivity contribution in [1.82, 2.24) is 0 Å². The van der Waals surface area contributed by atoms with E-state index in [0.717, 1.165) is 6.08 Å². The molecular formula is C16H18O9. The lowest BCUT2D eigenvalue weighted by molar-refractivity contribution is -0.205. The number of carboxylic acids is 1. The van der Waals surface area contributed by atoms with E-state index >= 15 is 0 Å². The molecule has 0 saturated heterocycles. The van der Waals surface area contributed by atoms with Crippen molar-refractivity contribution in [2.45, 2.75) is 36.8 Å². The van der Waals surface area contributed by atoms with E-state index in [0.29, 0.717) is 5.56 Å². The first-order valence-electron chi connectivity index (χ1n) is 7.36. The van der Waals surface area contributed by atoms with Gasteiger partial charge in [-0.3, -0.25) is 0 Å². The molecule has 9 heteroatoms. The summed E-state index contributed by atoms with van der Waals surface area (Å²) in [4.78, 5) is 23.1. The maximum absolute atomic E-state index is 11.9. The maximum Gasteiger partial charge on any atom is 0.339 e. The number of ether oxygens (including phenoxy) is 1. The molecule has 1 fully saturated rings. The maximum atomic E-state index is 11.9. The van der Waals surface area contributed by atoms with Crippen LogP contribution in [0.1, 0.15) is 18.4 Å². The van der Waals surface area contributed by atoms with Gasteiger partial charge in [-0.1, -0.05) is 6.07 Å². The molecule has 4 unspecified atom stereocenters. The van der Waals surface area contributed by atoms with Gasteiger partial charge in [0, 0.05) is 18.9 Å². The van der Waals surface area contributed by atoms with Crippen LogP contribution in [0.3, 0.4) is 0 Å². The molecule has 0 radical (unpaired) electrons. The Balaban J connectivity index is 2.10.